The number of nitrogens with one attached hydrogen (secondary N) is 1. The number of nitrogens with zero attached hydrogens (tertiary/aromatic N) is 3. The average molecular weight is 432 g/mol. The molecule has 9 heteroatoms. The zero-order chi connectivity index (χ0) is 22.2. The van der Waals surface area contributed by atoms with Gasteiger partial charge < -0.3 is 19.5 Å². The number of pyridine rings is 1. The van der Waals surface area contributed by atoms with Crippen LogP contribution < -0.4 is 14.8 Å². The Bertz CT molecular complexity index is 857. The summed E-state index contributed by atoms with van der Waals surface area (Å²) in [6.45, 7) is 4.56. The molecule has 0 saturated heterocycles. The number of amides is 1. The van der Waals surface area contributed by atoms with E-state index in [2.05, 4.69) is 20.3 Å². The molecule has 0 unspecified atom stereocenters. The molecule has 168 valence electrons. The number of halogens is 1. The van der Waals surface area contributed by atoms with Crippen LogP contribution in [-0.2, 0) is 9.53 Å². The number of rotatable bonds is 9. The fraction of sp³-hybridized carbons (Fsp3) is 0.545. The summed E-state index contributed by atoms with van der Waals surface area (Å²) in [5.41, 5.74) is 0.474. The molecule has 1 aliphatic rings. The third-order valence-electron chi connectivity index (χ3n) is 5.17. The summed E-state index contributed by atoms with van der Waals surface area (Å²) in [5, 5.41) is 2.80. The minimum atomic E-state index is -0.533. The Labute approximate surface area is 181 Å². The van der Waals surface area contributed by atoms with Crippen molar-refractivity contribution in [1.29, 1.82) is 0 Å². The van der Waals surface area contributed by atoms with Gasteiger partial charge in [0.1, 0.15) is 6.10 Å². The monoisotopic (exact) mass is 432 g/mol. The first-order chi connectivity index (χ1) is 14.9. The van der Waals surface area contributed by atoms with E-state index in [9.17, 15) is 9.18 Å². The van der Waals surface area contributed by atoms with Crippen LogP contribution in [0.15, 0.2) is 24.7 Å². The molecule has 1 N–H and O–H groups in total. The summed E-state index contributed by atoms with van der Waals surface area (Å²) < 4.78 is 31.1. The van der Waals surface area contributed by atoms with Crippen LogP contribution in [0.1, 0.15) is 39.5 Å². The molecule has 0 radical (unpaired) electrons. The maximum Gasteiger partial charge on any atom is 0.250 e. The molecule has 1 saturated carbocycles. The van der Waals surface area contributed by atoms with Crippen molar-refractivity contribution >= 4 is 5.91 Å². The Kier molecular flexibility index (Phi) is 8.11. The van der Waals surface area contributed by atoms with Crippen LogP contribution >= 0.6 is 0 Å². The number of hydrogen-bond acceptors (Lipinski definition) is 7. The van der Waals surface area contributed by atoms with Crippen LogP contribution in [-0.4, -0.2) is 53.3 Å². The molecule has 8 nitrogen and oxygen atoms in total. The number of carbonyl (C=O) groups is 1. The van der Waals surface area contributed by atoms with Crippen molar-refractivity contribution in [3.8, 4) is 23.0 Å². The largest absolute Gasteiger partial charge is 0.494 e. The highest BCUT2D eigenvalue weighted by molar-refractivity contribution is 5.73. The number of carbonyl (C=O) groups excluding carboxylic acids is 1. The molecular weight excluding hydrogens is 403 g/mol. The topological polar surface area (TPSA) is 95.5 Å². The van der Waals surface area contributed by atoms with E-state index in [0.29, 0.717) is 36.3 Å². The van der Waals surface area contributed by atoms with E-state index < -0.39 is 5.82 Å². The first kappa shape index (κ1) is 22.9. The molecule has 0 bridgehead atoms. The maximum atomic E-state index is 14.5. The fourth-order valence-electron chi connectivity index (χ4n) is 3.58. The van der Waals surface area contributed by atoms with E-state index in [1.165, 1.54) is 38.7 Å². The van der Waals surface area contributed by atoms with Gasteiger partial charge in [0.25, 0.3) is 5.88 Å². The number of hydrogen-bond donors (Lipinski definition) is 1. The molecule has 3 rings (SSSR count). The van der Waals surface area contributed by atoms with Crippen LogP contribution in [0.2, 0.25) is 0 Å². The van der Waals surface area contributed by atoms with E-state index in [-0.39, 0.29) is 23.9 Å². The summed E-state index contributed by atoms with van der Waals surface area (Å²) in [5.74, 6) is 0.749. The van der Waals surface area contributed by atoms with Gasteiger partial charge in [0.05, 0.1) is 26.1 Å². The third kappa shape index (κ3) is 6.85. The van der Waals surface area contributed by atoms with E-state index >= 15 is 0 Å². The van der Waals surface area contributed by atoms with Crippen molar-refractivity contribution in [2.24, 2.45) is 5.92 Å². The summed E-state index contributed by atoms with van der Waals surface area (Å²) in [6, 6.07) is 1.33. The van der Waals surface area contributed by atoms with Crippen molar-refractivity contribution in [1.82, 2.24) is 20.3 Å². The fourth-order valence-corrected chi connectivity index (χ4v) is 3.58. The Morgan fingerprint density at radius 3 is 2.52 bits per heavy atom. The molecule has 0 spiro atoms. The van der Waals surface area contributed by atoms with Gasteiger partial charge >= 0.3 is 0 Å². The molecule has 1 aliphatic carbocycles. The minimum Gasteiger partial charge on any atom is -0.494 e. The van der Waals surface area contributed by atoms with Crippen LogP contribution in [0.5, 0.6) is 11.6 Å². The molecular formula is C22H29FN4O4. The van der Waals surface area contributed by atoms with Gasteiger partial charge in [-0.3, -0.25) is 4.79 Å². The quantitative estimate of drug-likeness (QED) is 0.650. The lowest BCUT2D eigenvalue weighted by atomic mass is 9.88. The summed E-state index contributed by atoms with van der Waals surface area (Å²) in [6.07, 6.45) is 8.01. The zero-order valence-electron chi connectivity index (χ0n) is 18.1. The lowest BCUT2D eigenvalue weighted by Gasteiger charge is -2.28. The van der Waals surface area contributed by atoms with Crippen molar-refractivity contribution < 1.29 is 23.4 Å². The van der Waals surface area contributed by atoms with E-state index in [0.717, 1.165) is 25.7 Å². The van der Waals surface area contributed by atoms with Gasteiger partial charge in [0.15, 0.2) is 17.4 Å². The molecule has 2 aromatic heterocycles. The summed E-state index contributed by atoms with van der Waals surface area (Å²) in [4.78, 5) is 23.5. The molecule has 1 amide bonds. The van der Waals surface area contributed by atoms with Crippen molar-refractivity contribution in [3.63, 3.8) is 0 Å². The first-order valence-corrected chi connectivity index (χ1v) is 10.5. The number of aromatic nitrogens is 3. The summed E-state index contributed by atoms with van der Waals surface area (Å²) >= 11 is 0. The van der Waals surface area contributed by atoms with Crippen LogP contribution in [0.4, 0.5) is 4.39 Å². The normalized spacial score (nSPS) is 19.5. The Morgan fingerprint density at radius 1 is 1.19 bits per heavy atom. The van der Waals surface area contributed by atoms with E-state index in [4.69, 9.17) is 14.2 Å². The molecule has 2 heterocycles. The van der Waals surface area contributed by atoms with E-state index in [1.54, 1.807) is 0 Å². The number of ether oxygens (including phenoxy) is 3. The standard InChI is InChI=1S/C22H29FN4O4/c1-14(27-15(2)28)12-30-13-16-4-6-18(7-5-16)31-22-20(23)8-17(9-26-22)21-24-10-19(29-3)11-25-21/h8-11,14,16,18H,4-7,12-13H2,1-3H3,(H,27,28)/t14-,16?,18?/m0/s1. The van der Waals surface area contributed by atoms with Gasteiger partial charge in [-0.25, -0.2) is 19.3 Å². The minimum absolute atomic E-state index is 0.00101. The zero-order valence-corrected chi connectivity index (χ0v) is 18.1. The molecule has 31 heavy (non-hydrogen) atoms. The molecule has 0 aromatic carbocycles. The number of methoxy groups -OCH3 is 1. The molecule has 2 aromatic rings. The van der Waals surface area contributed by atoms with Crippen LogP contribution in [0.3, 0.4) is 0 Å². The van der Waals surface area contributed by atoms with Gasteiger partial charge in [-0.1, -0.05) is 0 Å². The van der Waals surface area contributed by atoms with Crippen LogP contribution in [0, 0.1) is 11.7 Å². The van der Waals surface area contributed by atoms with E-state index in [1.807, 2.05) is 6.92 Å². The highest BCUT2D eigenvalue weighted by atomic mass is 19.1. The van der Waals surface area contributed by atoms with Gasteiger partial charge in [-0.2, -0.15) is 0 Å². The Balaban J connectivity index is 1.45. The second-order valence-corrected chi connectivity index (χ2v) is 7.86. The molecule has 1 fully saturated rings. The lowest BCUT2D eigenvalue weighted by Crippen LogP contribution is -2.35. The van der Waals surface area contributed by atoms with Gasteiger partial charge in [-0.15, -0.1) is 0 Å². The second kappa shape index (κ2) is 11.0. The Hall–Kier alpha value is -2.81. The first-order valence-electron chi connectivity index (χ1n) is 10.5. The highest BCUT2D eigenvalue weighted by Crippen LogP contribution is 2.29. The third-order valence-corrected chi connectivity index (χ3v) is 5.17. The van der Waals surface area contributed by atoms with Crippen molar-refractivity contribution in [2.75, 3.05) is 20.3 Å². The average Bonchev–Trinajstić information content (AvgIpc) is 2.76. The highest BCUT2D eigenvalue weighted by Gasteiger charge is 2.24. The second-order valence-electron chi connectivity index (χ2n) is 7.86. The van der Waals surface area contributed by atoms with Gasteiger partial charge in [-0.05, 0) is 44.6 Å². The molecule has 1 atom stereocenters. The summed E-state index contributed by atoms with van der Waals surface area (Å²) in [7, 11) is 1.53. The predicted molar refractivity (Wildman–Crippen MR) is 112 cm³/mol. The maximum absolute atomic E-state index is 14.5. The smallest absolute Gasteiger partial charge is 0.250 e. The van der Waals surface area contributed by atoms with Crippen molar-refractivity contribution in [3.05, 3.63) is 30.5 Å². The van der Waals surface area contributed by atoms with Crippen LogP contribution in [0.25, 0.3) is 11.4 Å². The SMILES string of the molecule is COc1cnc(-c2cnc(OC3CCC(COC[C@H](C)NC(C)=O)CC3)c(F)c2)nc1. The van der Waals surface area contributed by atoms with Gasteiger partial charge in [0.2, 0.25) is 5.91 Å². The lowest BCUT2D eigenvalue weighted by molar-refractivity contribution is -0.120. The van der Waals surface area contributed by atoms with Crippen molar-refractivity contribution in [2.45, 2.75) is 51.7 Å². The van der Waals surface area contributed by atoms with Gasteiger partial charge in [0, 0.05) is 31.3 Å². The Morgan fingerprint density at radius 2 is 1.90 bits per heavy atom. The predicted octanol–water partition coefficient (Wildman–Crippen LogP) is 3.17. The molecule has 0 aliphatic heterocycles.